The van der Waals surface area contributed by atoms with E-state index in [4.69, 9.17) is 15.0 Å². The van der Waals surface area contributed by atoms with Crippen LogP contribution in [-0.4, -0.2) is 21.7 Å². The highest BCUT2D eigenvalue weighted by Gasteiger charge is 2.17. The summed E-state index contributed by atoms with van der Waals surface area (Å²) < 4.78 is 0. The minimum absolute atomic E-state index is 0.778. The molecule has 0 radical (unpaired) electrons. The zero-order chi connectivity index (χ0) is 31.7. The van der Waals surface area contributed by atoms with Crippen molar-refractivity contribution < 1.29 is 0 Å². The second kappa shape index (κ2) is 11.9. The lowest BCUT2D eigenvalue weighted by Crippen LogP contribution is -1.94. The van der Waals surface area contributed by atoms with Crippen molar-refractivity contribution in [3.8, 4) is 33.4 Å². The predicted molar refractivity (Wildman–Crippen MR) is 197 cm³/mol. The van der Waals surface area contributed by atoms with Crippen LogP contribution in [0, 0.1) is 0 Å². The standard InChI is InChI=1S/C43H30N4/c1-3-32(36-17-18-37-33(28-11-6-4-7-12-28)21-24-45-41(37)40(36)44-2)30-15-10-16-31(27-30)35-23-26-47-43-39(35)20-19-38-34(22-25-46-42(38)43)29-13-8-5-9-14-29/h3-27H,2H2,1H3/b32-3-. The maximum absolute atomic E-state index is 4.83. The molecule has 8 rings (SSSR count). The first kappa shape index (κ1) is 28.2. The molecule has 0 aliphatic rings. The Labute approximate surface area is 273 Å². The summed E-state index contributed by atoms with van der Waals surface area (Å²) >= 11 is 0. The molecule has 0 aliphatic carbocycles. The van der Waals surface area contributed by atoms with E-state index in [9.17, 15) is 0 Å². The van der Waals surface area contributed by atoms with Crippen molar-refractivity contribution in [2.24, 2.45) is 4.99 Å². The summed E-state index contributed by atoms with van der Waals surface area (Å²) in [5, 5.41) is 3.20. The van der Waals surface area contributed by atoms with Gasteiger partial charge in [-0.1, -0.05) is 109 Å². The number of pyridine rings is 3. The Kier molecular flexibility index (Phi) is 7.16. The average Bonchev–Trinajstić information content (AvgIpc) is 3.15. The Morgan fingerprint density at radius 1 is 0.532 bits per heavy atom. The van der Waals surface area contributed by atoms with Gasteiger partial charge in [0.25, 0.3) is 0 Å². The summed E-state index contributed by atoms with van der Waals surface area (Å²) in [5.74, 6) is 0. The van der Waals surface area contributed by atoms with Gasteiger partial charge in [-0.05, 0) is 82.4 Å². The number of nitrogens with zero attached hydrogens (tertiary/aromatic N) is 4. The Bertz CT molecular complexity index is 2480. The lowest BCUT2D eigenvalue weighted by Gasteiger charge is -2.16. The summed E-state index contributed by atoms with van der Waals surface area (Å²) in [6.45, 7) is 6.04. The highest BCUT2D eigenvalue weighted by molar-refractivity contribution is 6.12. The second-order valence-electron chi connectivity index (χ2n) is 11.5. The van der Waals surface area contributed by atoms with E-state index in [2.05, 4.69) is 140 Å². The largest absolute Gasteiger partial charge is 0.262 e. The molecule has 8 aromatic rings. The van der Waals surface area contributed by atoms with Crippen molar-refractivity contribution in [2.45, 2.75) is 6.92 Å². The normalized spacial score (nSPS) is 11.7. The van der Waals surface area contributed by atoms with Crippen LogP contribution in [0.2, 0.25) is 0 Å². The molecule has 3 heterocycles. The van der Waals surface area contributed by atoms with Gasteiger partial charge in [0.15, 0.2) is 0 Å². The highest BCUT2D eigenvalue weighted by atomic mass is 14.8. The van der Waals surface area contributed by atoms with E-state index in [1.165, 1.54) is 0 Å². The van der Waals surface area contributed by atoms with Gasteiger partial charge in [-0.3, -0.25) is 19.9 Å². The summed E-state index contributed by atoms with van der Waals surface area (Å²) in [5.41, 5.74) is 13.3. The van der Waals surface area contributed by atoms with Gasteiger partial charge in [-0.15, -0.1) is 0 Å². The Hall–Kier alpha value is -6.26. The van der Waals surface area contributed by atoms with E-state index in [1.54, 1.807) is 0 Å². The van der Waals surface area contributed by atoms with Crippen LogP contribution in [0.15, 0.2) is 157 Å². The van der Waals surface area contributed by atoms with Crippen LogP contribution in [0.4, 0.5) is 5.69 Å². The van der Waals surface area contributed by atoms with Crippen molar-refractivity contribution in [1.82, 2.24) is 15.0 Å². The van der Waals surface area contributed by atoms with E-state index in [0.717, 1.165) is 88.5 Å². The van der Waals surface area contributed by atoms with Crippen molar-refractivity contribution in [3.63, 3.8) is 0 Å². The van der Waals surface area contributed by atoms with Crippen LogP contribution in [0.1, 0.15) is 18.1 Å². The lowest BCUT2D eigenvalue weighted by molar-refractivity contribution is 1.37. The minimum atomic E-state index is 0.778. The predicted octanol–water partition coefficient (Wildman–Crippen LogP) is 11.1. The molecule has 0 N–H and O–H groups in total. The monoisotopic (exact) mass is 602 g/mol. The van der Waals surface area contributed by atoms with Crippen LogP contribution in [-0.2, 0) is 0 Å². The third-order valence-electron chi connectivity index (χ3n) is 8.90. The molecule has 0 atom stereocenters. The second-order valence-corrected chi connectivity index (χ2v) is 11.5. The molecule has 0 spiro atoms. The number of allylic oxidation sites excluding steroid dienone is 1. The minimum Gasteiger partial charge on any atom is -0.262 e. The molecule has 4 nitrogen and oxygen atoms in total. The van der Waals surface area contributed by atoms with E-state index in [0.29, 0.717) is 0 Å². The Morgan fingerprint density at radius 2 is 1.02 bits per heavy atom. The van der Waals surface area contributed by atoms with Crippen molar-refractivity contribution in [2.75, 3.05) is 0 Å². The molecular formula is C43H30N4. The smallest absolute Gasteiger partial charge is 0.0970 e. The fourth-order valence-electron chi connectivity index (χ4n) is 6.73. The maximum Gasteiger partial charge on any atom is 0.0970 e. The van der Waals surface area contributed by atoms with Crippen LogP contribution in [0.25, 0.3) is 71.7 Å². The number of aliphatic imine (C=N–C) groups is 1. The first-order valence-electron chi connectivity index (χ1n) is 15.7. The molecule has 0 saturated heterocycles. The number of benzene rings is 5. The van der Waals surface area contributed by atoms with Gasteiger partial charge in [0, 0.05) is 40.3 Å². The van der Waals surface area contributed by atoms with Crippen LogP contribution >= 0.6 is 0 Å². The van der Waals surface area contributed by atoms with E-state index in [-0.39, 0.29) is 0 Å². The van der Waals surface area contributed by atoms with E-state index in [1.807, 2.05) is 30.7 Å². The first-order valence-corrected chi connectivity index (χ1v) is 15.7. The molecule has 47 heavy (non-hydrogen) atoms. The molecule has 0 saturated carbocycles. The molecule has 3 aromatic heterocycles. The van der Waals surface area contributed by atoms with E-state index < -0.39 is 0 Å². The van der Waals surface area contributed by atoms with Gasteiger partial charge in [0.2, 0.25) is 0 Å². The number of rotatable bonds is 6. The summed E-state index contributed by atoms with van der Waals surface area (Å²) in [6, 6.07) is 44.4. The summed E-state index contributed by atoms with van der Waals surface area (Å²) in [7, 11) is 0. The van der Waals surface area contributed by atoms with Gasteiger partial charge >= 0.3 is 0 Å². The van der Waals surface area contributed by atoms with Gasteiger partial charge in [-0.2, -0.15) is 0 Å². The lowest BCUT2D eigenvalue weighted by atomic mass is 9.90. The van der Waals surface area contributed by atoms with Crippen molar-refractivity contribution in [3.05, 3.63) is 163 Å². The summed E-state index contributed by atoms with van der Waals surface area (Å²) in [6.07, 6.45) is 7.76. The molecule has 0 aliphatic heterocycles. The quantitative estimate of drug-likeness (QED) is 0.141. The number of hydrogen-bond acceptors (Lipinski definition) is 4. The van der Waals surface area contributed by atoms with Gasteiger partial charge in [0.1, 0.15) is 0 Å². The number of fused-ring (bicyclic) bond motifs is 4. The molecule has 0 bridgehead atoms. The Balaban J connectivity index is 1.24. The molecule has 0 amide bonds. The number of aromatic nitrogens is 3. The SMILES string of the molecule is C=Nc1c(/C(=C\C)c2cccc(-c3ccnc4c3ccc3c(-c5ccccc5)ccnc34)c2)ccc2c(-c3ccccc3)ccnc12. The summed E-state index contributed by atoms with van der Waals surface area (Å²) in [4.78, 5) is 19.0. The fraction of sp³-hybridized carbons (Fsp3) is 0.0233. The van der Waals surface area contributed by atoms with Crippen LogP contribution < -0.4 is 0 Å². The van der Waals surface area contributed by atoms with Gasteiger partial charge < -0.3 is 0 Å². The van der Waals surface area contributed by atoms with Crippen molar-refractivity contribution >= 4 is 50.7 Å². The molecule has 5 aromatic carbocycles. The third kappa shape index (κ3) is 4.88. The maximum atomic E-state index is 4.83. The Morgan fingerprint density at radius 3 is 1.57 bits per heavy atom. The zero-order valence-electron chi connectivity index (χ0n) is 25.9. The molecule has 222 valence electrons. The highest BCUT2D eigenvalue weighted by Crippen LogP contribution is 2.41. The average molecular weight is 603 g/mol. The zero-order valence-corrected chi connectivity index (χ0v) is 25.9. The number of hydrogen-bond donors (Lipinski definition) is 0. The first-order chi connectivity index (χ1) is 23.2. The molecular weight excluding hydrogens is 573 g/mol. The topological polar surface area (TPSA) is 51.0 Å². The van der Waals surface area contributed by atoms with Crippen LogP contribution in [0.3, 0.4) is 0 Å². The van der Waals surface area contributed by atoms with Crippen molar-refractivity contribution in [1.29, 1.82) is 0 Å². The third-order valence-corrected chi connectivity index (χ3v) is 8.90. The van der Waals surface area contributed by atoms with E-state index >= 15 is 0 Å². The molecule has 4 heteroatoms. The van der Waals surface area contributed by atoms with Gasteiger partial charge in [-0.25, -0.2) is 0 Å². The molecule has 0 fully saturated rings. The van der Waals surface area contributed by atoms with Crippen LogP contribution in [0.5, 0.6) is 0 Å². The molecule has 0 unspecified atom stereocenters. The van der Waals surface area contributed by atoms with Gasteiger partial charge in [0.05, 0.1) is 22.2 Å². The fourth-order valence-corrected chi connectivity index (χ4v) is 6.73.